The standard InChI is InChI=1S/C23H21N3O3/c1-16-15-20(19-11-6-7-12-21(19)25-16)23(28)29-17(2)22(27)26(14-8-13-24)18-9-4-3-5-10-18/h3-7,9-12,15,17H,8,14H2,1-2H3/t17-/m1/s1. The second-order valence-corrected chi connectivity index (χ2v) is 6.61. The van der Waals surface area contributed by atoms with E-state index in [-0.39, 0.29) is 18.9 Å². The first-order valence-corrected chi connectivity index (χ1v) is 9.32. The molecule has 6 heteroatoms. The van der Waals surface area contributed by atoms with Crippen molar-refractivity contribution in [3.05, 3.63) is 71.9 Å². The SMILES string of the molecule is Cc1cc(C(=O)O[C@H](C)C(=O)N(CCC#N)c2ccccc2)c2ccccc2n1. The van der Waals surface area contributed by atoms with Crippen LogP contribution in [0.4, 0.5) is 5.69 Å². The molecule has 0 bridgehead atoms. The monoisotopic (exact) mass is 387 g/mol. The highest BCUT2D eigenvalue weighted by Crippen LogP contribution is 2.21. The molecule has 0 unspecified atom stereocenters. The summed E-state index contributed by atoms with van der Waals surface area (Å²) >= 11 is 0. The summed E-state index contributed by atoms with van der Waals surface area (Å²) in [6.07, 6.45) is -0.830. The molecule has 2 aromatic carbocycles. The fourth-order valence-electron chi connectivity index (χ4n) is 3.11. The molecule has 0 fully saturated rings. The number of para-hydroxylation sites is 2. The van der Waals surface area contributed by atoms with E-state index in [1.165, 1.54) is 4.90 Å². The van der Waals surface area contributed by atoms with Gasteiger partial charge in [-0.05, 0) is 38.1 Å². The summed E-state index contributed by atoms with van der Waals surface area (Å²) in [6, 6.07) is 20.0. The molecule has 1 atom stereocenters. The van der Waals surface area contributed by atoms with Crippen LogP contribution >= 0.6 is 0 Å². The van der Waals surface area contributed by atoms with Crippen molar-refractivity contribution in [2.45, 2.75) is 26.4 Å². The van der Waals surface area contributed by atoms with Gasteiger partial charge in [0, 0.05) is 23.3 Å². The van der Waals surface area contributed by atoms with Crippen LogP contribution < -0.4 is 4.90 Å². The molecule has 0 aliphatic carbocycles. The first-order valence-electron chi connectivity index (χ1n) is 9.32. The van der Waals surface area contributed by atoms with Gasteiger partial charge in [-0.15, -0.1) is 0 Å². The number of fused-ring (bicyclic) bond motifs is 1. The first kappa shape index (κ1) is 20.0. The van der Waals surface area contributed by atoms with Gasteiger partial charge in [-0.2, -0.15) is 5.26 Å². The maximum Gasteiger partial charge on any atom is 0.339 e. The highest BCUT2D eigenvalue weighted by atomic mass is 16.5. The lowest BCUT2D eigenvalue weighted by Crippen LogP contribution is -2.40. The van der Waals surface area contributed by atoms with Crippen LogP contribution in [0.3, 0.4) is 0 Å². The number of rotatable bonds is 6. The Hall–Kier alpha value is -3.72. The van der Waals surface area contributed by atoms with Crippen LogP contribution in [0.2, 0.25) is 0 Å². The number of hydrogen-bond donors (Lipinski definition) is 0. The Morgan fingerprint density at radius 2 is 1.83 bits per heavy atom. The van der Waals surface area contributed by atoms with E-state index in [1.807, 2.05) is 42.5 Å². The molecule has 1 heterocycles. The summed E-state index contributed by atoms with van der Waals surface area (Å²) in [5.41, 5.74) is 2.41. The molecular weight excluding hydrogens is 366 g/mol. The Balaban J connectivity index is 1.83. The number of pyridine rings is 1. The second kappa shape index (κ2) is 8.98. The van der Waals surface area contributed by atoms with Crippen LogP contribution in [-0.4, -0.2) is 29.5 Å². The van der Waals surface area contributed by atoms with Gasteiger partial charge in [0.25, 0.3) is 5.91 Å². The molecule has 1 aromatic heterocycles. The minimum absolute atomic E-state index is 0.176. The van der Waals surface area contributed by atoms with E-state index in [9.17, 15) is 9.59 Å². The molecule has 0 saturated carbocycles. The molecule has 6 nitrogen and oxygen atoms in total. The molecule has 1 amide bonds. The van der Waals surface area contributed by atoms with Crippen molar-refractivity contribution < 1.29 is 14.3 Å². The van der Waals surface area contributed by atoms with Gasteiger partial charge in [-0.3, -0.25) is 9.78 Å². The smallest absolute Gasteiger partial charge is 0.339 e. The topological polar surface area (TPSA) is 83.3 Å². The van der Waals surface area contributed by atoms with E-state index >= 15 is 0 Å². The maximum absolute atomic E-state index is 13.0. The summed E-state index contributed by atoms with van der Waals surface area (Å²) in [5, 5.41) is 9.60. The molecule has 0 aliphatic rings. The summed E-state index contributed by atoms with van der Waals surface area (Å²) in [7, 11) is 0. The summed E-state index contributed by atoms with van der Waals surface area (Å²) < 4.78 is 5.50. The molecule has 0 spiro atoms. The number of carbonyl (C=O) groups is 2. The lowest BCUT2D eigenvalue weighted by atomic mass is 10.1. The Labute approximate surface area is 169 Å². The minimum atomic E-state index is -1.01. The van der Waals surface area contributed by atoms with Gasteiger partial charge in [-0.25, -0.2) is 4.79 Å². The van der Waals surface area contributed by atoms with Gasteiger partial charge in [0.05, 0.1) is 23.6 Å². The third-order valence-electron chi connectivity index (χ3n) is 4.48. The van der Waals surface area contributed by atoms with E-state index in [4.69, 9.17) is 10.00 Å². The van der Waals surface area contributed by atoms with Gasteiger partial charge >= 0.3 is 5.97 Å². The Bertz CT molecular complexity index is 1070. The third kappa shape index (κ3) is 4.58. The predicted octanol–water partition coefficient (Wildman–Crippen LogP) is 4.04. The van der Waals surface area contributed by atoms with Crippen LogP contribution in [0, 0.1) is 18.3 Å². The number of anilines is 1. The summed E-state index contributed by atoms with van der Waals surface area (Å²) in [4.78, 5) is 31.7. The summed E-state index contributed by atoms with van der Waals surface area (Å²) in [5.74, 6) is -0.962. The fraction of sp³-hybridized carbons (Fsp3) is 0.217. The normalized spacial score (nSPS) is 11.5. The molecule has 0 aliphatic heterocycles. The Kier molecular flexibility index (Phi) is 6.20. The highest BCUT2D eigenvalue weighted by Gasteiger charge is 2.26. The van der Waals surface area contributed by atoms with E-state index in [0.29, 0.717) is 27.8 Å². The van der Waals surface area contributed by atoms with Crippen LogP contribution in [0.25, 0.3) is 10.9 Å². The molecular formula is C23H21N3O3. The zero-order valence-electron chi connectivity index (χ0n) is 16.3. The predicted molar refractivity (Wildman–Crippen MR) is 110 cm³/mol. The average molecular weight is 387 g/mol. The molecule has 29 heavy (non-hydrogen) atoms. The van der Waals surface area contributed by atoms with Crippen molar-refractivity contribution in [1.29, 1.82) is 5.26 Å². The number of amides is 1. The van der Waals surface area contributed by atoms with Gasteiger partial charge < -0.3 is 9.64 Å². The van der Waals surface area contributed by atoms with E-state index in [1.54, 1.807) is 38.1 Å². The van der Waals surface area contributed by atoms with Gasteiger partial charge in [0.1, 0.15) is 0 Å². The third-order valence-corrected chi connectivity index (χ3v) is 4.48. The van der Waals surface area contributed by atoms with Crippen LogP contribution in [0.15, 0.2) is 60.7 Å². The Morgan fingerprint density at radius 1 is 1.14 bits per heavy atom. The molecule has 3 rings (SSSR count). The van der Waals surface area contributed by atoms with E-state index in [2.05, 4.69) is 4.98 Å². The first-order chi connectivity index (χ1) is 14.0. The van der Waals surface area contributed by atoms with Crippen molar-refractivity contribution in [3.8, 4) is 6.07 Å². The van der Waals surface area contributed by atoms with Crippen molar-refractivity contribution in [1.82, 2.24) is 4.98 Å². The number of aryl methyl sites for hydroxylation is 1. The van der Waals surface area contributed by atoms with Crippen LogP contribution in [0.1, 0.15) is 29.4 Å². The number of carbonyl (C=O) groups excluding carboxylic acids is 2. The van der Waals surface area contributed by atoms with Crippen molar-refractivity contribution in [2.24, 2.45) is 0 Å². The van der Waals surface area contributed by atoms with Gasteiger partial charge in [0.15, 0.2) is 6.10 Å². The minimum Gasteiger partial charge on any atom is -0.449 e. The number of esters is 1. The lowest BCUT2D eigenvalue weighted by molar-refractivity contribution is -0.126. The molecule has 146 valence electrons. The lowest BCUT2D eigenvalue weighted by Gasteiger charge is -2.25. The summed E-state index contributed by atoms with van der Waals surface area (Å²) in [6.45, 7) is 3.56. The van der Waals surface area contributed by atoms with E-state index < -0.39 is 12.1 Å². The molecule has 0 N–H and O–H groups in total. The highest BCUT2D eigenvalue weighted by molar-refractivity contribution is 6.05. The number of benzene rings is 2. The van der Waals surface area contributed by atoms with Crippen molar-refractivity contribution in [2.75, 3.05) is 11.4 Å². The molecule has 0 saturated heterocycles. The van der Waals surface area contributed by atoms with Gasteiger partial charge in [-0.1, -0.05) is 36.4 Å². The Morgan fingerprint density at radius 3 is 2.55 bits per heavy atom. The van der Waals surface area contributed by atoms with E-state index in [0.717, 1.165) is 0 Å². The largest absolute Gasteiger partial charge is 0.449 e. The van der Waals surface area contributed by atoms with Crippen molar-refractivity contribution in [3.63, 3.8) is 0 Å². The number of ether oxygens (including phenoxy) is 1. The average Bonchev–Trinajstić information content (AvgIpc) is 2.73. The molecule has 3 aromatic rings. The number of aromatic nitrogens is 1. The number of nitrogens with zero attached hydrogens (tertiary/aromatic N) is 3. The van der Waals surface area contributed by atoms with Crippen LogP contribution in [0.5, 0.6) is 0 Å². The number of hydrogen-bond acceptors (Lipinski definition) is 5. The zero-order valence-corrected chi connectivity index (χ0v) is 16.3. The van der Waals surface area contributed by atoms with Crippen LogP contribution in [-0.2, 0) is 9.53 Å². The zero-order chi connectivity index (χ0) is 20.8. The van der Waals surface area contributed by atoms with Crippen molar-refractivity contribution >= 4 is 28.5 Å². The maximum atomic E-state index is 13.0. The van der Waals surface area contributed by atoms with Gasteiger partial charge in [0.2, 0.25) is 0 Å². The second-order valence-electron chi connectivity index (χ2n) is 6.61. The number of nitriles is 1. The fourth-order valence-corrected chi connectivity index (χ4v) is 3.11. The molecule has 0 radical (unpaired) electrons. The quantitative estimate of drug-likeness (QED) is 0.596.